The second-order valence-corrected chi connectivity index (χ2v) is 9.38. The standard InChI is InChI=1S/C24H31N3O2S/c1-18-8-10-22(11-9-18)25-23(28)17-30-20(3)24(29)27-14-12-26(13-15-27)16-21-7-5-4-6-19(21)2/h4-11,20H,12-17H2,1-3H3,(H,25,28)/p+1/t20-/m1/s1. The van der Waals surface area contributed by atoms with Crippen molar-refractivity contribution < 1.29 is 14.5 Å². The lowest BCUT2D eigenvalue weighted by Crippen LogP contribution is -3.13. The van der Waals surface area contributed by atoms with Gasteiger partial charge in [-0.3, -0.25) is 9.59 Å². The molecule has 0 bridgehead atoms. The number of piperazine rings is 1. The first kappa shape index (κ1) is 22.4. The Balaban J connectivity index is 1.40. The molecule has 1 heterocycles. The van der Waals surface area contributed by atoms with Gasteiger partial charge in [0.2, 0.25) is 11.8 Å². The highest BCUT2D eigenvalue weighted by molar-refractivity contribution is 8.01. The number of thioether (sulfide) groups is 1. The summed E-state index contributed by atoms with van der Waals surface area (Å²) in [5, 5.41) is 2.67. The molecule has 0 saturated carbocycles. The molecule has 160 valence electrons. The van der Waals surface area contributed by atoms with E-state index in [0.717, 1.165) is 44.0 Å². The Hall–Kier alpha value is -2.31. The van der Waals surface area contributed by atoms with Crippen LogP contribution in [0.3, 0.4) is 0 Å². The number of carbonyl (C=O) groups is 2. The zero-order valence-electron chi connectivity index (χ0n) is 18.1. The average molecular weight is 427 g/mol. The number of hydrogen-bond donors (Lipinski definition) is 2. The maximum absolute atomic E-state index is 12.8. The van der Waals surface area contributed by atoms with Crippen LogP contribution < -0.4 is 10.2 Å². The molecular weight excluding hydrogens is 394 g/mol. The third-order valence-corrected chi connectivity index (χ3v) is 6.76. The van der Waals surface area contributed by atoms with Gasteiger partial charge in [0.1, 0.15) is 6.54 Å². The highest BCUT2D eigenvalue weighted by atomic mass is 32.2. The maximum Gasteiger partial charge on any atom is 0.235 e. The lowest BCUT2D eigenvalue weighted by atomic mass is 10.1. The molecule has 1 aliphatic rings. The van der Waals surface area contributed by atoms with Crippen molar-refractivity contribution in [1.29, 1.82) is 0 Å². The molecule has 30 heavy (non-hydrogen) atoms. The number of hydrogen-bond acceptors (Lipinski definition) is 3. The number of nitrogens with zero attached hydrogens (tertiary/aromatic N) is 1. The number of nitrogens with one attached hydrogen (secondary N) is 2. The van der Waals surface area contributed by atoms with Crippen LogP contribution in [-0.4, -0.2) is 53.9 Å². The summed E-state index contributed by atoms with van der Waals surface area (Å²) in [5.41, 5.74) is 4.66. The molecule has 1 fully saturated rings. The summed E-state index contributed by atoms with van der Waals surface area (Å²) in [4.78, 5) is 28.4. The summed E-state index contributed by atoms with van der Waals surface area (Å²) in [5.74, 6) is 0.341. The number of carbonyl (C=O) groups excluding carboxylic acids is 2. The first-order valence-corrected chi connectivity index (χ1v) is 11.6. The van der Waals surface area contributed by atoms with Gasteiger partial charge in [-0.25, -0.2) is 0 Å². The smallest absolute Gasteiger partial charge is 0.235 e. The number of amides is 2. The van der Waals surface area contributed by atoms with Crippen molar-refractivity contribution in [3.05, 3.63) is 65.2 Å². The minimum atomic E-state index is -0.216. The highest BCUT2D eigenvalue weighted by Crippen LogP contribution is 2.15. The summed E-state index contributed by atoms with van der Waals surface area (Å²) in [6, 6.07) is 16.2. The van der Waals surface area contributed by atoms with Crippen molar-refractivity contribution in [2.45, 2.75) is 32.6 Å². The van der Waals surface area contributed by atoms with Gasteiger partial charge in [-0.1, -0.05) is 42.0 Å². The third-order valence-electron chi connectivity index (χ3n) is 5.63. The molecule has 1 aliphatic heterocycles. The number of anilines is 1. The Morgan fingerprint density at radius 2 is 1.73 bits per heavy atom. The molecule has 2 amide bonds. The predicted molar refractivity (Wildman–Crippen MR) is 124 cm³/mol. The van der Waals surface area contributed by atoms with E-state index in [9.17, 15) is 9.59 Å². The van der Waals surface area contributed by atoms with Crippen LogP contribution >= 0.6 is 11.8 Å². The second kappa shape index (κ2) is 10.6. The Morgan fingerprint density at radius 3 is 2.40 bits per heavy atom. The minimum absolute atomic E-state index is 0.0732. The van der Waals surface area contributed by atoms with E-state index in [4.69, 9.17) is 0 Å². The molecule has 0 radical (unpaired) electrons. The van der Waals surface area contributed by atoms with Gasteiger partial charge in [0.05, 0.1) is 37.2 Å². The van der Waals surface area contributed by atoms with E-state index in [1.807, 2.05) is 43.0 Å². The molecule has 1 atom stereocenters. The van der Waals surface area contributed by atoms with E-state index in [1.54, 1.807) is 0 Å². The molecule has 1 saturated heterocycles. The normalized spacial score (nSPS) is 15.6. The van der Waals surface area contributed by atoms with Gasteiger partial charge in [0.15, 0.2) is 0 Å². The lowest BCUT2D eigenvalue weighted by Gasteiger charge is -2.33. The maximum atomic E-state index is 12.8. The van der Waals surface area contributed by atoms with Gasteiger partial charge in [0, 0.05) is 11.3 Å². The lowest BCUT2D eigenvalue weighted by molar-refractivity contribution is -0.917. The zero-order valence-corrected chi connectivity index (χ0v) is 18.9. The van der Waals surface area contributed by atoms with Crippen LogP contribution in [0.4, 0.5) is 5.69 Å². The van der Waals surface area contributed by atoms with Crippen LogP contribution in [0.2, 0.25) is 0 Å². The Labute approximate surface area is 183 Å². The van der Waals surface area contributed by atoms with Gasteiger partial charge in [-0.2, -0.15) is 0 Å². The topological polar surface area (TPSA) is 53.9 Å². The van der Waals surface area contributed by atoms with E-state index in [2.05, 4.69) is 36.5 Å². The van der Waals surface area contributed by atoms with Gasteiger partial charge in [-0.05, 0) is 38.5 Å². The first-order chi connectivity index (χ1) is 14.4. The quantitative estimate of drug-likeness (QED) is 0.714. The van der Waals surface area contributed by atoms with Gasteiger partial charge in [-0.15, -0.1) is 11.8 Å². The summed E-state index contributed by atoms with van der Waals surface area (Å²) in [6.45, 7) is 10.6. The summed E-state index contributed by atoms with van der Waals surface area (Å²) < 4.78 is 0. The van der Waals surface area contributed by atoms with Crippen LogP contribution in [0.1, 0.15) is 23.6 Å². The summed E-state index contributed by atoms with van der Waals surface area (Å²) in [7, 11) is 0. The van der Waals surface area contributed by atoms with Crippen molar-refractivity contribution in [2.24, 2.45) is 0 Å². The van der Waals surface area contributed by atoms with Gasteiger partial charge >= 0.3 is 0 Å². The Morgan fingerprint density at radius 1 is 1.07 bits per heavy atom. The predicted octanol–water partition coefficient (Wildman–Crippen LogP) is 2.29. The fourth-order valence-corrected chi connectivity index (χ4v) is 4.43. The van der Waals surface area contributed by atoms with Gasteiger partial charge in [0.25, 0.3) is 0 Å². The largest absolute Gasteiger partial charge is 0.330 e. The van der Waals surface area contributed by atoms with E-state index in [1.165, 1.54) is 27.8 Å². The van der Waals surface area contributed by atoms with Crippen LogP contribution in [-0.2, 0) is 16.1 Å². The van der Waals surface area contributed by atoms with Crippen molar-refractivity contribution in [2.75, 3.05) is 37.2 Å². The fourth-order valence-electron chi connectivity index (χ4n) is 3.66. The molecule has 0 aromatic heterocycles. The molecular formula is C24H32N3O2S+. The molecule has 2 aromatic carbocycles. The number of aryl methyl sites for hydroxylation is 2. The van der Waals surface area contributed by atoms with E-state index in [0.29, 0.717) is 0 Å². The SMILES string of the molecule is Cc1ccc(NC(=O)CS[C@H](C)C(=O)N2CC[NH+](Cc3ccccc3C)CC2)cc1. The number of rotatable bonds is 7. The molecule has 0 spiro atoms. The van der Waals surface area contributed by atoms with E-state index >= 15 is 0 Å². The molecule has 2 aromatic rings. The van der Waals surface area contributed by atoms with Crippen molar-refractivity contribution in [3.63, 3.8) is 0 Å². The number of quaternary nitrogens is 1. The first-order valence-electron chi connectivity index (χ1n) is 10.6. The van der Waals surface area contributed by atoms with Crippen LogP contribution in [0.25, 0.3) is 0 Å². The van der Waals surface area contributed by atoms with E-state index < -0.39 is 0 Å². The van der Waals surface area contributed by atoms with Crippen molar-refractivity contribution >= 4 is 29.3 Å². The minimum Gasteiger partial charge on any atom is -0.330 e. The third kappa shape index (κ3) is 6.34. The van der Waals surface area contributed by atoms with Crippen molar-refractivity contribution in [1.82, 2.24) is 4.90 Å². The monoisotopic (exact) mass is 426 g/mol. The molecule has 0 unspecified atom stereocenters. The average Bonchev–Trinajstić information content (AvgIpc) is 2.75. The Kier molecular flexibility index (Phi) is 7.94. The highest BCUT2D eigenvalue weighted by Gasteiger charge is 2.27. The molecule has 0 aliphatic carbocycles. The van der Waals surface area contributed by atoms with E-state index in [-0.39, 0.29) is 22.8 Å². The van der Waals surface area contributed by atoms with Crippen LogP contribution in [0, 0.1) is 13.8 Å². The zero-order chi connectivity index (χ0) is 21.5. The fraction of sp³-hybridized carbons (Fsp3) is 0.417. The van der Waals surface area contributed by atoms with Crippen molar-refractivity contribution in [3.8, 4) is 0 Å². The molecule has 3 rings (SSSR count). The van der Waals surface area contributed by atoms with Crippen LogP contribution in [0.15, 0.2) is 48.5 Å². The molecule has 6 heteroatoms. The molecule has 5 nitrogen and oxygen atoms in total. The second-order valence-electron chi connectivity index (χ2n) is 8.05. The molecule has 2 N–H and O–H groups in total. The van der Waals surface area contributed by atoms with Gasteiger partial charge < -0.3 is 15.1 Å². The summed E-state index contributed by atoms with van der Waals surface area (Å²) >= 11 is 1.40. The Bertz CT molecular complexity index is 861. The number of benzene rings is 2. The summed E-state index contributed by atoms with van der Waals surface area (Å²) in [6.07, 6.45) is 0. The van der Waals surface area contributed by atoms with Crippen LogP contribution in [0.5, 0.6) is 0 Å².